The maximum atomic E-state index is 11.9. The zero-order chi connectivity index (χ0) is 19.7. The van der Waals surface area contributed by atoms with E-state index in [1.807, 2.05) is 0 Å². The van der Waals surface area contributed by atoms with Crippen LogP contribution in [0.4, 0.5) is 0 Å². The summed E-state index contributed by atoms with van der Waals surface area (Å²) < 4.78 is 23.9. The number of fused-ring (bicyclic) bond motifs is 1. The zero-order valence-electron chi connectivity index (χ0n) is 16.2. The summed E-state index contributed by atoms with van der Waals surface area (Å²) >= 11 is 0. The van der Waals surface area contributed by atoms with Crippen molar-refractivity contribution in [3.63, 3.8) is 0 Å². The van der Waals surface area contributed by atoms with E-state index in [9.17, 15) is 13.5 Å². The summed E-state index contributed by atoms with van der Waals surface area (Å²) in [5, 5.41) is 11.6. The minimum atomic E-state index is -3.86. The van der Waals surface area contributed by atoms with Gasteiger partial charge < -0.3 is 5.11 Å². The van der Waals surface area contributed by atoms with Crippen LogP contribution >= 0.6 is 10.7 Å². The lowest BCUT2D eigenvalue weighted by atomic mass is 10.00. The van der Waals surface area contributed by atoms with Crippen LogP contribution in [0.1, 0.15) is 76.7 Å². The molecule has 2 aromatic rings. The maximum Gasteiger partial charge on any atom is 0.261 e. The van der Waals surface area contributed by atoms with Crippen molar-refractivity contribution >= 4 is 30.5 Å². The monoisotopic (exact) mass is 410 g/mol. The molecule has 2 rings (SSSR count). The number of hydrogen-bond acceptors (Lipinski definition) is 3. The fourth-order valence-corrected chi connectivity index (χ4v) is 4.68. The Morgan fingerprint density at radius 3 is 1.93 bits per heavy atom. The average molecular weight is 411 g/mol. The first-order valence-corrected chi connectivity index (χ1v) is 12.4. The van der Waals surface area contributed by atoms with Gasteiger partial charge in [0.05, 0.1) is 4.90 Å². The van der Waals surface area contributed by atoms with Crippen LogP contribution in [0.3, 0.4) is 0 Å². The predicted octanol–water partition coefficient (Wildman–Crippen LogP) is 6.94. The van der Waals surface area contributed by atoms with Crippen molar-refractivity contribution in [2.45, 2.75) is 82.4 Å². The Balaban J connectivity index is 1.89. The third-order valence-corrected chi connectivity index (χ3v) is 6.48. The highest BCUT2D eigenvalue weighted by Gasteiger charge is 2.19. The Morgan fingerprint density at radius 2 is 1.37 bits per heavy atom. The maximum absolute atomic E-state index is 11.9. The Hall–Kier alpha value is -1.26. The van der Waals surface area contributed by atoms with E-state index in [4.69, 9.17) is 10.7 Å². The second-order valence-electron chi connectivity index (χ2n) is 7.30. The molecule has 27 heavy (non-hydrogen) atoms. The summed E-state index contributed by atoms with van der Waals surface area (Å²) in [6.45, 7) is 2.23. The summed E-state index contributed by atoms with van der Waals surface area (Å²) in [5.41, 5.74) is 0.660. The van der Waals surface area contributed by atoms with Gasteiger partial charge in [-0.25, -0.2) is 8.42 Å². The Morgan fingerprint density at radius 1 is 0.852 bits per heavy atom. The number of rotatable bonds is 12. The lowest BCUT2D eigenvalue weighted by molar-refractivity contribution is 0.471. The van der Waals surface area contributed by atoms with Gasteiger partial charge in [-0.1, -0.05) is 89.0 Å². The van der Waals surface area contributed by atoms with Crippen molar-refractivity contribution in [2.75, 3.05) is 0 Å². The molecule has 0 heterocycles. The second-order valence-corrected chi connectivity index (χ2v) is 9.83. The number of phenols is 1. The van der Waals surface area contributed by atoms with Crippen molar-refractivity contribution in [2.24, 2.45) is 0 Å². The van der Waals surface area contributed by atoms with E-state index in [0.717, 1.165) is 12.8 Å². The molecule has 0 aliphatic rings. The minimum absolute atomic E-state index is 0.0830. The normalized spacial score (nSPS) is 11.9. The molecule has 0 saturated carbocycles. The molecule has 5 heteroatoms. The molecular weight excluding hydrogens is 380 g/mol. The Labute approximate surface area is 168 Å². The van der Waals surface area contributed by atoms with Gasteiger partial charge in [0, 0.05) is 21.5 Å². The van der Waals surface area contributed by atoms with E-state index in [0.29, 0.717) is 22.8 Å². The van der Waals surface area contributed by atoms with Crippen molar-refractivity contribution in [1.82, 2.24) is 0 Å². The van der Waals surface area contributed by atoms with Crippen LogP contribution in [0.2, 0.25) is 0 Å². The number of unbranched alkanes of at least 4 members (excludes halogenated alkanes) is 9. The van der Waals surface area contributed by atoms with Crippen LogP contribution < -0.4 is 0 Å². The van der Waals surface area contributed by atoms with Gasteiger partial charge in [-0.2, -0.15) is 0 Å². The number of aryl methyl sites for hydroxylation is 1. The van der Waals surface area contributed by atoms with Gasteiger partial charge in [-0.15, -0.1) is 0 Å². The average Bonchev–Trinajstić information content (AvgIpc) is 2.64. The number of phenolic OH excluding ortho intramolecular Hbond substituents is 1. The molecule has 0 saturated heterocycles. The van der Waals surface area contributed by atoms with E-state index in [-0.39, 0.29) is 10.6 Å². The minimum Gasteiger partial charge on any atom is -0.507 e. The molecule has 0 fully saturated rings. The molecular formula is C22H31ClO3S. The van der Waals surface area contributed by atoms with Gasteiger partial charge in [-0.05, 0) is 24.5 Å². The largest absolute Gasteiger partial charge is 0.507 e. The highest BCUT2D eigenvalue weighted by Crippen LogP contribution is 2.36. The van der Waals surface area contributed by atoms with Gasteiger partial charge in [0.15, 0.2) is 0 Å². The van der Waals surface area contributed by atoms with Crippen LogP contribution in [0.25, 0.3) is 10.8 Å². The van der Waals surface area contributed by atoms with Crippen LogP contribution in [-0.4, -0.2) is 13.5 Å². The first kappa shape index (κ1) is 22.0. The fourth-order valence-electron chi connectivity index (χ4n) is 3.58. The summed E-state index contributed by atoms with van der Waals surface area (Å²) in [6, 6.07) is 8.48. The van der Waals surface area contributed by atoms with Crippen LogP contribution in [-0.2, 0) is 15.5 Å². The molecule has 0 amide bonds. The molecule has 0 radical (unpaired) electrons. The summed E-state index contributed by atoms with van der Waals surface area (Å²) in [6.07, 6.45) is 13.0. The smallest absolute Gasteiger partial charge is 0.261 e. The van der Waals surface area contributed by atoms with Crippen LogP contribution in [0.15, 0.2) is 35.2 Å². The molecule has 0 aromatic heterocycles. The zero-order valence-corrected chi connectivity index (χ0v) is 17.8. The number of benzene rings is 2. The highest BCUT2D eigenvalue weighted by atomic mass is 35.7. The van der Waals surface area contributed by atoms with Crippen LogP contribution in [0, 0.1) is 0 Å². The lowest BCUT2D eigenvalue weighted by Gasteiger charge is -2.11. The van der Waals surface area contributed by atoms with E-state index in [2.05, 4.69) is 6.92 Å². The Kier molecular flexibility index (Phi) is 8.91. The van der Waals surface area contributed by atoms with Crippen molar-refractivity contribution in [3.8, 4) is 5.75 Å². The molecule has 150 valence electrons. The van der Waals surface area contributed by atoms with E-state index in [1.165, 1.54) is 57.4 Å². The lowest BCUT2D eigenvalue weighted by Crippen LogP contribution is -1.97. The second kappa shape index (κ2) is 10.9. The van der Waals surface area contributed by atoms with E-state index < -0.39 is 9.05 Å². The van der Waals surface area contributed by atoms with E-state index in [1.54, 1.807) is 24.3 Å². The number of hydrogen-bond donors (Lipinski definition) is 1. The SMILES string of the molecule is CCCCCCCCCCCCc1cc(S(=O)(=O)Cl)c2ccccc2c1O. The molecule has 0 unspecified atom stereocenters. The van der Waals surface area contributed by atoms with Crippen molar-refractivity contribution in [3.05, 3.63) is 35.9 Å². The standard InChI is InChI=1S/C22H31ClO3S/c1-2-3-4-5-6-7-8-9-10-11-14-18-17-21(27(23,25)26)19-15-12-13-16-20(19)22(18)24/h12-13,15-17,24H,2-11,14H2,1H3. The summed E-state index contributed by atoms with van der Waals surface area (Å²) in [7, 11) is 1.76. The molecule has 0 atom stereocenters. The van der Waals surface area contributed by atoms with Gasteiger partial charge in [0.2, 0.25) is 0 Å². The molecule has 2 aromatic carbocycles. The molecule has 0 aliphatic heterocycles. The van der Waals surface area contributed by atoms with Crippen molar-refractivity contribution < 1.29 is 13.5 Å². The summed E-state index contributed by atoms with van der Waals surface area (Å²) in [5.74, 6) is 0.172. The first-order valence-electron chi connectivity index (χ1n) is 10.1. The van der Waals surface area contributed by atoms with E-state index >= 15 is 0 Å². The first-order chi connectivity index (χ1) is 12.9. The third-order valence-electron chi connectivity index (χ3n) is 5.12. The molecule has 3 nitrogen and oxygen atoms in total. The molecule has 1 N–H and O–H groups in total. The van der Waals surface area contributed by atoms with Crippen LogP contribution in [0.5, 0.6) is 5.75 Å². The Bertz CT molecular complexity index is 831. The van der Waals surface area contributed by atoms with Gasteiger partial charge in [0.25, 0.3) is 9.05 Å². The van der Waals surface area contributed by atoms with Gasteiger partial charge in [0.1, 0.15) is 5.75 Å². The van der Waals surface area contributed by atoms with Crippen molar-refractivity contribution in [1.29, 1.82) is 0 Å². The number of aromatic hydroxyl groups is 1. The summed E-state index contributed by atoms with van der Waals surface area (Å²) in [4.78, 5) is 0.0830. The fraction of sp³-hybridized carbons (Fsp3) is 0.545. The molecule has 0 aliphatic carbocycles. The predicted molar refractivity (Wildman–Crippen MR) is 114 cm³/mol. The quantitative estimate of drug-likeness (QED) is 0.304. The molecule has 0 bridgehead atoms. The molecule has 0 spiro atoms. The topological polar surface area (TPSA) is 54.4 Å². The van der Waals surface area contributed by atoms with Gasteiger partial charge in [-0.3, -0.25) is 0 Å². The van der Waals surface area contributed by atoms with Gasteiger partial charge >= 0.3 is 0 Å². The number of halogens is 1. The third kappa shape index (κ3) is 6.69. The highest BCUT2D eigenvalue weighted by molar-refractivity contribution is 8.14.